The van der Waals surface area contributed by atoms with Crippen LogP contribution >= 0.6 is 36.4 Å². The number of piperidine rings is 1. The average Bonchev–Trinajstić information content (AvgIpc) is 2.78. The molecule has 0 aliphatic carbocycles. The van der Waals surface area contributed by atoms with Crippen LogP contribution in [0.3, 0.4) is 0 Å². The molecule has 8 nitrogen and oxygen atoms in total. The molecular weight excluding hydrogens is 510 g/mol. The normalized spacial score (nSPS) is 14.1. The van der Waals surface area contributed by atoms with Crippen molar-refractivity contribution in [3.05, 3.63) is 47.5 Å². The zero-order chi connectivity index (χ0) is 22.7. The van der Waals surface area contributed by atoms with Crippen molar-refractivity contribution in [2.45, 2.75) is 18.9 Å². The lowest BCUT2D eigenvalue weighted by Crippen LogP contribution is -2.40. The molecule has 4 rings (SSSR count). The van der Waals surface area contributed by atoms with Crippen LogP contribution in [0.2, 0.25) is 5.02 Å². The molecule has 0 amide bonds. The van der Waals surface area contributed by atoms with Gasteiger partial charge in [-0.3, -0.25) is 9.69 Å². The maximum Gasteiger partial charge on any atom is 0.317 e. The van der Waals surface area contributed by atoms with Crippen molar-refractivity contribution in [3.63, 3.8) is 0 Å². The number of ether oxygens (including phenoxy) is 2. The third kappa shape index (κ3) is 6.29. The second kappa shape index (κ2) is 12.2. The van der Waals surface area contributed by atoms with Gasteiger partial charge in [0.1, 0.15) is 18.2 Å². The van der Waals surface area contributed by atoms with Crippen LogP contribution in [-0.2, 0) is 4.79 Å². The first-order valence-corrected chi connectivity index (χ1v) is 10.5. The number of rotatable bonds is 7. The summed E-state index contributed by atoms with van der Waals surface area (Å²) in [5.74, 6) is 0.0286. The Labute approximate surface area is 213 Å². The Kier molecular flexibility index (Phi) is 9.93. The SMILES string of the molecule is COc1cc2ncnc(Nc3cccc(Cl)c3F)c2cc1OC1CCN(CC(=O)O)CC1.Cl.Cl. The number of aliphatic carboxylic acids is 1. The largest absolute Gasteiger partial charge is 0.493 e. The highest BCUT2D eigenvalue weighted by atomic mass is 35.5. The summed E-state index contributed by atoms with van der Waals surface area (Å²) >= 11 is 5.89. The number of nitrogens with one attached hydrogen (secondary N) is 1. The minimum atomic E-state index is -0.836. The van der Waals surface area contributed by atoms with Gasteiger partial charge in [0.05, 0.1) is 29.9 Å². The lowest BCUT2D eigenvalue weighted by atomic mass is 10.1. The van der Waals surface area contributed by atoms with Gasteiger partial charge >= 0.3 is 5.97 Å². The topological polar surface area (TPSA) is 96.8 Å². The molecule has 0 spiro atoms. The van der Waals surface area contributed by atoms with E-state index < -0.39 is 11.8 Å². The Hall–Kier alpha value is -2.59. The number of methoxy groups -OCH3 is 1. The van der Waals surface area contributed by atoms with Gasteiger partial charge in [-0.15, -0.1) is 24.8 Å². The summed E-state index contributed by atoms with van der Waals surface area (Å²) < 4.78 is 26.1. The quantitative estimate of drug-likeness (QED) is 0.441. The van der Waals surface area contributed by atoms with Gasteiger partial charge in [-0.05, 0) is 31.0 Å². The molecule has 1 saturated heterocycles. The molecule has 1 aliphatic rings. The van der Waals surface area contributed by atoms with Gasteiger partial charge in [0.15, 0.2) is 17.3 Å². The Morgan fingerprint density at radius 1 is 1.24 bits per heavy atom. The van der Waals surface area contributed by atoms with Crippen LogP contribution in [0.25, 0.3) is 10.9 Å². The lowest BCUT2D eigenvalue weighted by molar-refractivity contribution is -0.138. The summed E-state index contributed by atoms with van der Waals surface area (Å²) in [6.07, 6.45) is 2.68. The number of hydrogen-bond donors (Lipinski definition) is 2. The first-order chi connectivity index (χ1) is 15.4. The molecule has 2 N–H and O–H groups in total. The van der Waals surface area contributed by atoms with E-state index in [0.29, 0.717) is 54.2 Å². The molecule has 12 heteroatoms. The van der Waals surface area contributed by atoms with Gasteiger partial charge in [-0.25, -0.2) is 14.4 Å². The number of carboxylic acid groups (broad SMARTS) is 1. The Morgan fingerprint density at radius 3 is 2.65 bits per heavy atom. The van der Waals surface area contributed by atoms with Crippen LogP contribution in [0.15, 0.2) is 36.7 Å². The number of benzene rings is 2. The maximum atomic E-state index is 14.4. The highest BCUT2D eigenvalue weighted by molar-refractivity contribution is 6.31. The molecule has 3 aromatic rings. The molecule has 34 heavy (non-hydrogen) atoms. The van der Waals surface area contributed by atoms with Crippen molar-refractivity contribution < 1.29 is 23.8 Å². The van der Waals surface area contributed by atoms with E-state index >= 15 is 0 Å². The van der Waals surface area contributed by atoms with E-state index in [-0.39, 0.29) is 48.2 Å². The van der Waals surface area contributed by atoms with E-state index in [0.717, 1.165) is 0 Å². The monoisotopic (exact) mass is 532 g/mol. The van der Waals surface area contributed by atoms with Gasteiger partial charge in [-0.1, -0.05) is 17.7 Å². The molecule has 0 saturated carbocycles. The van der Waals surface area contributed by atoms with Gasteiger partial charge in [0, 0.05) is 24.5 Å². The fraction of sp³-hybridized carbons (Fsp3) is 0.318. The molecule has 1 fully saturated rings. The predicted molar refractivity (Wildman–Crippen MR) is 133 cm³/mol. The van der Waals surface area contributed by atoms with Crippen molar-refractivity contribution in [1.82, 2.24) is 14.9 Å². The molecule has 0 atom stereocenters. The number of anilines is 2. The van der Waals surface area contributed by atoms with Crippen LogP contribution in [0, 0.1) is 5.82 Å². The van der Waals surface area contributed by atoms with E-state index in [1.54, 1.807) is 31.4 Å². The summed E-state index contributed by atoms with van der Waals surface area (Å²) in [5, 5.41) is 12.6. The van der Waals surface area contributed by atoms with Gasteiger partial charge in [0.2, 0.25) is 0 Å². The van der Waals surface area contributed by atoms with Crippen molar-refractivity contribution in [1.29, 1.82) is 0 Å². The number of halogens is 4. The van der Waals surface area contributed by atoms with E-state index in [1.807, 2.05) is 4.90 Å². The van der Waals surface area contributed by atoms with Gasteiger partial charge < -0.3 is 19.9 Å². The summed E-state index contributed by atoms with van der Waals surface area (Å²) in [7, 11) is 1.55. The number of nitrogens with zero attached hydrogens (tertiary/aromatic N) is 3. The second-order valence-electron chi connectivity index (χ2n) is 7.46. The van der Waals surface area contributed by atoms with Crippen LogP contribution < -0.4 is 14.8 Å². The standard InChI is InChI=1S/C22H22ClFN4O4.2ClH/c1-31-18-10-17-14(9-19(18)32-13-5-7-28(8-6-13)11-20(29)30)22(26-12-25-17)27-16-4-2-3-15(23)21(16)24;;/h2-4,9-10,12-13H,5-8,11H2,1H3,(H,29,30)(H,25,26,27);2*1H. The Morgan fingerprint density at radius 2 is 1.97 bits per heavy atom. The van der Waals surface area contributed by atoms with E-state index in [2.05, 4.69) is 15.3 Å². The van der Waals surface area contributed by atoms with Crippen LogP contribution in [0.5, 0.6) is 11.5 Å². The first-order valence-electron chi connectivity index (χ1n) is 10.1. The molecular formula is C22H24Cl3FN4O4. The van der Waals surface area contributed by atoms with E-state index in [1.165, 1.54) is 12.4 Å². The summed E-state index contributed by atoms with van der Waals surface area (Å²) in [5.41, 5.74) is 0.798. The average molecular weight is 534 g/mol. The number of likely N-dealkylation sites (tertiary alicyclic amines) is 1. The van der Waals surface area contributed by atoms with Gasteiger partial charge in [-0.2, -0.15) is 0 Å². The van der Waals surface area contributed by atoms with Crippen molar-refractivity contribution in [2.75, 3.05) is 32.1 Å². The number of hydrogen-bond acceptors (Lipinski definition) is 7. The molecule has 0 unspecified atom stereocenters. The zero-order valence-electron chi connectivity index (χ0n) is 18.2. The number of fused-ring (bicyclic) bond motifs is 1. The van der Waals surface area contributed by atoms with Crippen LogP contribution in [0.1, 0.15) is 12.8 Å². The van der Waals surface area contributed by atoms with E-state index in [9.17, 15) is 9.18 Å². The van der Waals surface area contributed by atoms with Crippen LogP contribution in [0.4, 0.5) is 15.9 Å². The first kappa shape index (κ1) is 27.7. The van der Waals surface area contributed by atoms with Gasteiger partial charge in [0.25, 0.3) is 0 Å². The molecule has 2 aromatic carbocycles. The Bertz CT molecular complexity index is 1150. The minimum absolute atomic E-state index is 0. The number of aromatic nitrogens is 2. The van der Waals surface area contributed by atoms with E-state index in [4.69, 9.17) is 26.2 Å². The molecule has 0 radical (unpaired) electrons. The van der Waals surface area contributed by atoms with Crippen LogP contribution in [-0.4, -0.2) is 58.8 Å². The lowest BCUT2D eigenvalue weighted by Gasteiger charge is -2.31. The molecule has 1 aromatic heterocycles. The minimum Gasteiger partial charge on any atom is -0.493 e. The molecule has 2 heterocycles. The maximum absolute atomic E-state index is 14.4. The number of carbonyl (C=O) groups is 1. The summed E-state index contributed by atoms with van der Waals surface area (Å²) in [6.45, 7) is 1.30. The number of carboxylic acids is 1. The molecule has 1 aliphatic heterocycles. The van der Waals surface area contributed by atoms with Crippen molar-refractivity contribution >= 4 is 64.8 Å². The Balaban J connectivity index is 0.00000204. The molecule has 0 bridgehead atoms. The second-order valence-corrected chi connectivity index (χ2v) is 7.86. The fourth-order valence-electron chi connectivity index (χ4n) is 3.70. The predicted octanol–water partition coefficient (Wildman–Crippen LogP) is 4.95. The zero-order valence-corrected chi connectivity index (χ0v) is 20.6. The fourth-order valence-corrected chi connectivity index (χ4v) is 3.87. The molecule has 184 valence electrons. The van der Waals surface area contributed by atoms with Crippen molar-refractivity contribution in [2.24, 2.45) is 0 Å². The highest BCUT2D eigenvalue weighted by Gasteiger charge is 2.23. The summed E-state index contributed by atoms with van der Waals surface area (Å²) in [6, 6.07) is 8.19. The summed E-state index contributed by atoms with van der Waals surface area (Å²) in [4.78, 5) is 21.3. The third-order valence-electron chi connectivity index (χ3n) is 5.31. The highest BCUT2D eigenvalue weighted by Crippen LogP contribution is 2.36. The smallest absolute Gasteiger partial charge is 0.317 e. The third-order valence-corrected chi connectivity index (χ3v) is 5.60. The van der Waals surface area contributed by atoms with Crippen molar-refractivity contribution in [3.8, 4) is 11.5 Å².